The SMILES string of the molecule is C=C(Cl)COC(=O)C(NC(C)=O)C(=O)OCC(=C)Cl. The minimum atomic E-state index is -1.59. The molecule has 0 aromatic carbocycles. The minimum Gasteiger partial charge on any atom is -0.458 e. The lowest BCUT2D eigenvalue weighted by Crippen LogP contribution is -2.47. The van der Waals surface area contributed by atoms with Gasteiger partial charge in [-0.2, -0.15) is 0 Å². The number of hydrogen-bond donors (Lipinski definition) is 1. The number of carbonyl (C=O) groups is 3. The first kappa shape index (κ1) is 17.5. The summed E-state index contributed by atoms with van der Waals surface area (Å²) in [5.41, 5.74) is 0. The lowest BCUT2D eigenvalue weighted by molar-refractivity contribution is -0.158. The number of esters is 2. The van der Waals surface area contributed by atoms with Crippen LogP contribution in [0.1, 0.15) is 6.92 Å². The zero-order valence-corrected chi connectivity index (χ0v) is 11.7. The molecule has 1 amide bonds. The average Bonchev–Trinajstić information content (AvgIpc) is 2.29. The molecule has 6 nitrogen and oxygen atoms in total. The van der Waals surface area contributed by atoms with E-state index in [9.17, 15) is 14.4 Å². The molecule has 8 heteroatoms. The zero-order chi connectivity index (χ0) is 15.0. The summed E-state index contributed by atoms with van der Waals surface area (Å²) in [6.07, 6.45) is 0. The van der Waals surface area contributed by atoms with Gasteiger partial charge in [0.25, 0.3) is 0 Å². The van der Waals surface area contributed by atoms with Gasteiger partial charge in [0, 0.05) is 17.0 Å². The van der Waals surface area contributed by atoms with Gasteiger partial charge in [0.15, 0.2) is 0 Å². The Morgan fingerprint density at radius 2 is 1.42 bits per heavy atom. The molecule has 0 rings (SSSR count). The Labute approximate surface area is 120 Å². The smallest absolute Gasteiger partial charge is 0.340 e. The Hall–Kier alpha value is -1.53. The van der Waals surface area contributed by atoms with E-state index in [0.29, 0.717) is 0 Å². The van der Waals surface area contributed by atoms with Crippen LogP contribution in [-0.2, 0) is 23.9 Å². The van der Waals surface area contributed by atoms with Crippen molar-refractivity contribution in [3.8, 4) is 0 Å². The quantitative estimate of drug-likeness (QED) is 0.562. The van der Waals surface area contributed by atoms with E-state index >= 15 is 0 Å². The second-order valence-electron chi connectivity index (χ2n) is 3.38. The normalized spacial score (nSPS) is 9.68. The zero-order valence-electron chi connectivity index (χ0n) is 10.2. The lowest BCUT2D eigenvalue weighted by Gasteiger charge is -2.15. The average molecular weight is 310 g/mol. The van der Waals surface area contributed by atoms with Crippen LogP contribution in [0.4, 0.5) is 0 Å². The largest absolute Gasteiger partial charge is 0.458 e. The van der Waals surface area contributed by atoms with Gasteiger partial charge in [-0.15, -0.1) is 0 Å². The summed E-state index contributed by atoms with van der Waals surface area (Å²) in [5, 5.41) is 2.23. The molecule has 0 aliphatic heterocycles. The number of carbonyl (C=O) groups excluding carboxylic acids is 3. The van der Waals surface area contributed by atoms with Gasteiger partial charge in [-0.3, -0.25) is 4.79 Å². The Bertz CT molecular complexity index is 378. The fourth-order valence-electron chi connectivity index (χ4n) is 0.883. The molecule has 0 unspecified atom stereocenters. The van der Waals surface area contributed by atoms with Gasteiger partial charge in [0.05, 0.1) is 0 Å². The van der Waals surface area contributed by atoms with Crippen LogP contribution >= 0.6 is 23.2 Å². The number of hydrogen-bond acceptors (Lipinski definition) is 5. The molecular weight excluding hydrogens is 297 g/mol. The minimum absolute atomic E-state index is 0.0671. The molecule has 0 spiro atoms. The monoisotopic (exact) mass is 309 g/mol. The molecule has 0 aliphatic rings. The summed E-state index contributed by atoms with van der Waals surface area (Å²) in [6.45, 7) is 7.18. The van der Waals surface area contributed by atoms with Crippen molar-refractivity contribution in [3.05, 3.63) is 23.2 Å². The van der Waals surface area contributed by atoms with Crippen LogP contribution < -0.4 is 5.32 Å². The fraction of sp³-hybridized carbons (Fsp3) is 0.364. The second kappa shape index (κ2) is 8.55. The number of ether oxygens (including phenoxy) is 2. The van der Waals surface area contributed by atoms with Crippen molar-refractivity contribution in [3.63, 3.8) is 0 Å². The van der Waals surface area contributed by atoms with Crippen molar-refractivity contribution < 1.29 is 23.9 Å². The maximum Gasteiger partial charge on any atom is 0.340 e. The lowest BCUT2D eigenvalue weighted by atomic mass is 10.3. The molecule has 0 atom stereocenters. The highest BCUT2D eigenvalue weighted by molar-refractivity contribution is 6.29. The van der Waals surface area contributed by atoms with Gasteiger partial charge in [-0.25, -0.2) is 9.59 Å². The van der Waals surface area contributed by atoms with E-state index in [0.717, 1.165) is 6.92 Å². The summed E-state index contributed by atoms with van der Waals surface area (Å²) in [6, 6.07) is -1.59. The molecule has 0 aromatic rings. The molecule has 0 fully saturated rings. The van der Waals surface area contributed by atoms with Crippen LogP contribution in [0.15, 0.2) is 23.2 Å². The Morgan fingerprint density at radius 3 is 1.68 bits per heavy atom. The van der Waals surface area contributed by atoms with E-state index in [2.05, 4.69) is 27.9 Å². The molecule has 106 valence electrons. The Morgan fingerprint density at radius 1 is 1.05 bits per heavy atom. The number of amides is 1. The first-order chi connectivity index (χ1) is 8.73. The maximum atomic E-state index is 11.6. The van der Waals surface area contributed by atoms with Crippen molar-refractivity contribution in [1.29, 1.82) is 0 Å². The molecule has 0 bridgehead atoms. The number of halogens is 2. The summed E-state index contributed by atoms with van der Waals surface area (Å²) in [4.78, 5) is 34.1. The highest BCUT2D eigenvalue weighted by atomic mass is 35.5. The number of rotatable bonds is 7. The van der Waals surface area contributed by atoms with Gasteiger partial charge in [0.1, 0.15) is 13.2 Å². The number of nitrogens with one attached hydrogen (secondary N) is 1. The highest BCUT2D eigenvalue weighted by Crippen LogP contribution is 2.03. The van der Waals surface area contributed by atoms with E-state index in [1.807, 2.05) is 0 Å². The van der Waals surface area contributed by atoms with Gasteiger partial charge < -0.3 is 14.8 Å². The molecule has 19 heavy (non-hydrogen) atoms. The van der Waals surface area contributed by atoms with E-state index in [-0.39, 0.29) is 23.3 Å². The van der Waals surface area contributed by atoms with Crippen LogP contribution in [0.25, 0.3) is 0 Å². The first-order valence-corrected chi connectivity index (χ1v) is 5.76. The predicted molar refractivity (Wildman–Crippen MR) is 69.5 cm³/mol. The molecular formula is C11H13Cl2NO5. The van der Waals surface area contributed by atoms with Gasteiger partial charge in [-0.1, -0.05) is 36.4 Å². The van der Waals surface area contributed by atoms with Gasteiger partial charge in [0.2, 0.25) is 11.9 Å². The third-order valence-corrected chi connectivity index (χ3v) is 1.78. The molecule has 0 radical (unpaired) electrons. The summed E-state index contributed by atoms with van der Waals surface area (Å²) < 4.78 is 9.31. The van der Waals surface area contributed by atoms with Crippen LogP contribution in [-0.4, -0.2) is 37.1 Å². The molecule has 0 heterocycles. The van der Waals surface area contributed by atoms with Crippen LogP contribution in [0.2, 0.25) is 0 Å². The topological polar surface area (TPSA) is 81.7 Å². The molecule has 1 N–H and O–H groups in total. The van der Waals surface area contributed by atoms with Crippen molar-refractivity contribution in [2.45, 2.75) is 13.0 Å². The van der Waals surface area contributed by atoms with Crippen molar-refractivity contribution in [1.82, 2.24) is 5.32 Å². The highest BCUT2D eigenvalue weighted by Gasteiger charge is 2.30. The molecule has 0 saturated carbocycles. The molecule has 0 saturated heterocycles. The Balaban J connectivity index is 4.64. The van der Waals surface area contributed by atoms with Gasteiger partial charge in [-0.05, 0) is 0 Å². The van der Waals surface area contributed by atoms with E-state index in [1.54, 1.807) is 0 Å². The van der Waals surface area contributed by atoms with Crippen molar-refractivity contribution >= 4 is 41.0 Å². The second-order valence-corrected chi connectivity index (χ2v) is 4.45. The third-order valence-electron chi connectivity index (χ3n) is 1.56. The van der Waals surface area contributed by atoms with Crippen molar-refractivity contribution in [2.24, 2.45) is 0 Å². The fourth-order valence-corrected chi connectivity index (χ4v) is 0.992. The Kier molecular flexibility index (Phi) is 7.86. The van der Waals surface area contributed by atoms with E-state index in [4.69, 9.17) is 23.2 Å². The summed E-state index contributed by atoms with van der Waals surface area (Å²) in [7, 11) is 0. The summed E-state index contributed by atoms with van der Waals surface area (Å²) >= 11 is 10.8. The predicted octanol–water partition coefficient (Wildman–Crippen LogP) is 1.08. The first-order valence-electron chi connectivity index (χ1n) is 5.01. The van der Waals surface area contributed by atoms with Crippen LogP contribution in [0.3, 0.4) is 0 Å². The maximum absolute atomic E-state index is 11.6. The van der Waals surface area contributed by atoms with Crippen LogP contribution in [0, 0.1) is 0 Å². The standard InChI is InChI=1S/C11H13Cl2NO5/c1-6(12)4-18-10(16)9(14-8(3)15)11(17)19-5-7(2)13/h9H,1-2,4-5H2,3H3,(H,14,15). The van der Waals surface area contributed by atoms with Crippen molar-refractivity contribution in [2.75, 3.05) is 13.2 Å². The van der Waals surface area contributed by atoms with Crippen LogP contribution in [0.5, 0.6) is 0 Å². The van der Waals surface area contributed by atoms with Gasteiger partial charge >= 0.3 is 11.9 Å². The third kappa shape index (κ3) is 8.23. The molecule has 0 aliphatic carbocycles. The van der Waals surface area contributed by atoms with E-state index < -0.39 is 23.9 Å². The van der Waals surface area contributed by atoms with E-state index in [1.165, 1.54) is 0 Å². The summed E-state index contributed by atoms with van der Waals surface area (Å²) in [5.74, 6) is -2.63. The molecule has 0 aromatic heterocycles.